The highest BCUT2D eigenvalue weighted by atomic mass is 35.5. The molecule has 1 aliphatic rings. The summed E-state index contributed by atoms with van der Waals surface area (Å²) in [7, 11) is -3.89. The number of nitrogens with zero attached hydrogens (tertiary/aromatic N) is 3. The molecule has 1 aromatic heterocycles. The number of para-hydroxylation sites is 1. The molecule has 4 rings (SSSR count). The first-order valence-electron chi connectivity index (χ1n) is 10.3. The van der Waals surface area contributed by atoms with Crippen molar-refractivity contribution in [3.8, 4) is 0 Å². The fraction of sp³-hybridized carbons (Fsp3) is 0.364. The Hall–Kier alpha value is -2.04. The van der Waals surface area contributed by atoms with Crippen LogP contribution in [-0.2, 0) is 14.8 Å². The molecule has 2 atom stereocenters. The van der Waals surface area contributed by atoms with Crippen molar-refractivity contribution in [3.63, 3.8) is 0 Å². The first kappa shape index (κ1) is 23.1. The summed E-state index contributed by atoms with van der Waals surface area (Å²) in [5, 5.41) is 0.644. The van der Waals surface area contributed by atoms with Crippen LogP contribution in [0.5, 0.6) is 0 Å². The lowest BCUT2D eigenvalue weighted by atomic mass is 10.2. The topological polar surface area (TPSA) is 79.8 Å². The van der Waals surface area contributed by atoms with E-state index in [0.717, 1.165) is 10.2 Å². The number of amides is 1. The Morgan fingerprint density at radius 2 is 1.91 bits per heavy atom. The normalized spacial score (nSPS) is 19.9. The largest absolute Gasteiger partial charge is 0.373 e. The molecule has 0 saturated carbocycles. The number of ether oxygens (including phenoxy) is 1. The number of halogens is 1. The van der Waals surface area contributed by atoms with Gasteiger partial charge in [-0.05, 0) is 51.1 Å². The zero-order valence-corrected chi connectivity index (χ0v) is 20.4. The van der Waals surface area contributed by atoms with E-state index in [9.17, 15) is 13.2 Å². The van der Waals surface area contributed by atoms with E-state index in [1.807, 2.05) is 45.0 Å². The van der Waals surface area contributed by atoms with Crippen LogP contribution >= 0.6 is 22.9 Å². The van der Waals surface area contributed by atoms with Gasteiger partial charge < -0.3 is 4.74 Å². The molecular formula is C22H24ClN3O4S2. The smallest absolute Gasteiger partial charge is 0.260 e. The second kappa shape index (κ2) is 9.07. The fourth-order valence-corrected chi connectivity index (χ4v) is 6.92. The molecule has 0 N–H and O–H groups in total. The van der Waals surface area contributed by atoms with E-state index in [1.54, 1.807) is 11.0 Å². The number of hydrogen-bond acceptors (Lipinski definition) is 6. The van der Waals surface area contributed by atoms with Gasteiger partial charge in [-0.3, -0.25) is 9.69 Å². The molecule has 2 heterocycles. The van der Waals surface area contributed by atoms with Gasteiger partial charge >= 0.3 is 0 Å². The molecule has 3 aromatic rings. The first-order chi connectivity index (χ1) is 15.2. The summed E-state index contributed by atoms with van der Waals surface area (Å²) in [5.41, 5.74) is 1.05. The second-order valence-corrected chi connectivity index (χ2v) is 11.1. The number of carbonyl (C=O) groups excluding carboxylic acids is 1. The summed E-state index contributed by atoms with van der Waals surface area (Å²) in [6.07, 6.45) is -0.460. The lowest BCUT2D eigenvalue weighted by molar-refractivity contribution is -0.0440. The van der Waals surface area contributed by atoms with Crippen molar-refractivity contribution in [2.75, 3.05) is 24.5 Å². The van der Waals surface area contributed by atoms with Crippen molar-refractivity contribution in [3.05, 3.63) is 53.1 Å². The lowest BCUT2D eigenvalue weighted by Gasteiger charge is -2.34. The van der Waals surface area contributed by atoms with Crippen LogP contribution in [0.3, 0.4) is 0 Å². The average Bonchev–Trinajstić information content (AvgIpc) is 3.17. The molecule has 1 fully saturated rings. The molecule has 0 radical (unpaired) electrons. The molecular weight excluding hydrogens is 470 g/mol. The zero-order valence-electron chi connectivity index (χ0n) is 18.0. The van der Waals surface area contributed by atoms with Crippen molar-refractivity contribution in [1.82, 2.24) is 9.29 Å². The maximum absolute atomic E-state index is 13.4. The van der Waals surface area contributed by atoms with Crippen molar-refractivity contribution in [2.24, 2.45) is 0 Å². The third-order valence-corrected chi connectivity index (χ3v) is 8.63. The number of anilines is 1. The quantitative estimate of drug-likeness (QED) is 0.525. The predicted molar refractivity (Wildman–Crippen MR) is 127 cm³/mol. The predicted octanol–water partition coefficient (Wildman–Crippen LogP) is 4.41. The zero-order chi connectivity index (χ0) is 23.0. The number of carbonyl (C=O) groups is 1. The number of hydrogen-bond donors (Lipinski definition) is 0. The molecule has 2 unspecified atom stereocenters. The maximum Gasteiger partial charge on any atom is 0.260 e. The number of fused-ring (bicyclic) bond motifs is 1. The molecule has 1 aliphatic heterocycles. The van der Waals surface area contributed by atoms with Crippen LogP contribution in [0.4, 0.5) is 5.13 Å². The molecule has 0 bridgehead atoms. The van der Waals surface area contributed by atoms with Gasteiger partial charge in [0, 0.05) is 25.2 Å². The summed E-state index contributed by atoms with van der Waals surface area (Å²) in [4.78, 5) is 19.4. The summed E-state index contributed by atoms with van der Waals surface area (Å²) >= 11 is 7.71. The van der Waals surface area contributed by atoms with Crippen LogP contribution in [0, 0.1) is 0 Å². The van der Waals surface area contributed by atoms with E-state index in [-0.39, 0.29) is 46.7 Å². The van der Waals surface area contributed by atoms with Gasteiger partial charge in [0.1, 0.15) is 4.90 Å². The molecule has 170 valence electrons. The third-order valence-electron chi connectivity index (χ3n) is 5.26. The van der Waals surface area contributed by atoms with E-state index in [1.165, 1.54) is 27.8 Å². The summed E-state index contributed by atoms with van der Waals surface area (Å²) in [5.74, 6) is -0.330. The van der Waals surface area contributed by atoms with E-state index >= 15 is 0 Å². The fourth-order valence-electron chi connectivity index (χ4n) is 3.80. The molecule has 0 spiro atoms. The van der Waals surface area contributed by atoms with Crippen molar-refractivity contribution >= 4 is 54.2 Å². The summed E-state index contributed by atoms with van der Waals surface area (Å²) in [6.45, 7) is 6.37. The molecule has 32 heavy (non-hydrogen) atoms. The highest BCUT2D eigenvalue weighted by molar-refractivity contribution is 7.89. The van der Waals surface area contributed by atoms with Gasteiger partial charge in [0.25, 0.3) is 5.91 Å². The second-order valence-electron chi connectivity index (χ2n) is 7.74. The molecule has 7 nitrogen and oxygen atoms in total. The first-order valence-corrected chi connectivity index (χ1v) is 13.0. The highest BCUT2D eigenvalue weighted by Gasteiger charge is 2.34. The lowest BCUT2D eigenvalue weighted by Crippen LogP contribution is -2.48. The summed E-state index contributed by atoms with van der Waals surface area (Å²) in [6, 6.07) is 12.0. The molecule has 2 aromatic carbocycles. The van der Waals surface area contributed by atoms with E-state index in [0.29, 0.717) is 11.7 Å². The van der Waals surface area contributed by atoms with Crippen LogP contribution in [0.2, 0.25) is 5.02 Å². The number of thiazole rings is 1. The maximum atomic E-state index is 13.4. The monoisotopic (exact) mass is 493 g/mol. The third kappa shape index (κ3) is 4.40. The number of rotatable bonds is 5. The van der Waals surface area contributed by atoms with Crippen molar-refractivity contribution < 1.29 is 17.9 Å². The summed E-state index contributed by atoms with van der Waals surface area (Å²) < 4.78 is 34.7. The van der Waals surface area contributed by atoms with Gasteiger partial charge in [0.05, 0.1) is 27.4 Å². The molecule has 1 saturated heterocycles. The van der Waals surface area contributed by atoms with Gasteiger partial charge in [0.2, 0.25) is 10.0 Å². The van der Waals surface area contributed by atoms with E-state index < -0.39 is 10.0 Å². The Bertz CT molecular complexity index is 1220. The minimum absolute atomic E-state index is 0.0772. The van der Waals surface area contributed by atoms with Gasteiger partial charge in [-0.15, -0.1) is 0 Å². The number of morpholine rings is 1. The molecule has 1 amide bonds. The van der Waals surface area contributed by atoms with Gasteiger partial charge in [-0.25, -0.2) is 13.4 Å². The highest BCUT2D eigenvalue weighted by Crippen LogP contribution is 2.32. The number of sulfonamides is 1. The van der Waals surface area contributed by atoms with Crippen LogP contribution < -0.4 is 4.90 Å². The molecule has 10 heteroatoms. The minimum Gasteiger partial charge on any atom is -0.373 e. The van der Waals surface area contributed by atoms with Gasteiger partial charge in [0.15, 0.2) is 5.13 Å². The Balaban J connectivity index is 1.68. The standard InChI is InChI=1S/C22H24ClN3O4S2/c1-4-26(22-24-18-7-5-6-8-19(18)31-22)21(27)16-9-10-17(23)20(11-16)32(28,29)25-12-14(2)30-15(3)13-25/h5-11,14-15H,4,12-13H2,1-3H3. The van der Waals surface area contributed by atoms with Crippen LogP contribution in [0.25, 0.3) is 10.2 Å². The van der Waals surface area contributed by atoms with E-state index in [4.69, 9.17) is 16.3 Å². The minimum atomic E-state index is -3.89. The number of benzene rings is 2. The Kier molecular flexibility index (Phi) is 6.56. The van der Waals surface area contributed by atoms with Crippen LogP contribution in [-0.4, -0.2) is 55.5 Å². The van der Waals surface area contributed by atoms with Crippen molar-refractivity contribution in [2.45, 2.75) is 37.9 Å². The van der Waals surface area contributed by atoms with Crippen LogP contribution in [0.15, 0.2) is 47.4 Å². The average molecular weight is 494 g/mol. The van der Waals surface area contributed by atoms with Gasteiger partial charge in [-0.1, -0.05) is 35.1 Å². The SMILES string of the molecule is CCN(C(=O)c1ccc(Cl)c(S(=O)(=O)N2CC(C)OC(C)C2)c1)c1nc2ccccc2s1. The Labute approximate surface area is 196 Å². The van der Waals surface area contributed by atoms with Crippen molar-refractivity contribution in [1.29, 1.82) is 0 Å². The van der Waals surface area contributed by atoms with Crippen LogP contribution in [0.1, 0.15) is 31.1 Å². The number of aromatic nitrogens is 1. The Morgan fingerprint density at radius 3 is 2.56 bits per heavy atom. The van der Waals surface area contributed by atoms with E-state index in [2.05, 4.69) is 4.98 Å². The Morgan fingerprint density at radius 1 is 1.22 bits per heavy atom. The van der Waals surface area contributed by atoms with Gasteiger partial charge in [-0.2, -0.15) is 4.31 Å². The molecule has 0 aliphatic carbocycles.